The van der Waals surface area contributed by atoms with Crippen molar-refractivity contribution in [2.24, 2.45) is 5.92 Å². The fourth-order valence-corrected chi connectivity index (χ4v) is 1.61. The average Bonchev–Trinajstić information content (AvgIpc) is 1.85. The molecule has 0 heterocycles. The van der Waals surface area contributed by atoms with E-state index in [9.17, 15) is 0 Å². The molecule has 0 aromatic rings. The summed E-state index contributed by atoms with van der Waals surface area (Å²) in [6.07, 6.45) is 8.18. The molecule has 7 heavy (non-hydrogen) atoms. The highest BCUT2D eigenvalue weighted by atomic mass is 14.3. The molecule has 0 N–H and O–H groups in total. The summed E-state index contributed by atoms with van der Waals surface area (Å²) in [5.41, 5.74) is 1.76. The SMILES string of the molecule is C1=C2CCCC2C1. The van der Waals surface area contributed by atoms with E-state index in [-0.39, 0.29) is 0 Å². The molecule has 0 aliphatic heterocycles. The van der Waals surface area contributed by atoms with Gasteiger partial charge in [0.1, 0.15) is 0 Å². The molecule has 0 nitrogen and oxygen atoms in total. The van der Waals surface area contributed by atoms with Crippen LogP contribution in [0, 0.1) is 5.92 Å². The summed E-state index contributed by atoms with van der Waals surface area (Å²) in [5.74, 6) is 1.06. The zero-order chi connectivity index (χ0) is 4.69. The Balaban J connectivity index is 2.24. The van der Waals surface area contributed by atoms with Crippen LogP contribution in [0.4, 0.5) is 0 Å². The standard InChI is InChI=1S/C7H10/c1-2-6-4-5-7(6)3-1/h4,7H,1-3,5H2. The molecule has 1 atom stereocenters. The second-order valence-corrected chi connectivity index (χ2v) is 2.60. The van der Waals surface area contributed by atoms with E-state index in [0.717, 1.165) is 5.92 Å². The Kier molecular flexibility index (Phi) is 0.592. The number of allylic oxidation sites excluding steroid dienone is 2. The maximum Gasteiger partial charge on any atom is -0.0168 e. The van der Waals surface area contributed by atoms with E-state index in [1.165, 1.54) is 25.7 Å². The Morgan fingerprint density at radius 3 is 2.86 bits per heavy atom. The van der Waals surface area contributed by atoms with Crippen molar-refractivity contribution in [3.63, 3.8) is 0 Å². The van der Waals surface area contributed by atoms with Crippen LogP contribution in [0.5, 0.6) is 0 Å². The third-order valence-corrected chi connectivity index (χ3v) is 2.21. The maximum atomic E-state index is 2.40. The van der Waals surface area contributed by atoms with E-state index in [2.05, 4.69) is 6.08 Å². The fourth-order valence-electron chi connectivity index (χ4n) is 1.61. The van der Waals surface area contributed by atoms with Gasteiger partial charge in [0, 0.05) is 0 Å². The minimum absolute atomic E-state index is 1.06. The van der Waals surface area contributed by atoms with Gasteiger partial charge in [-0.3, -0.25) is 0 Å². The Morgan fingerprint density at radius 2 is 2.57 bits per heavy atom. The molecular formula is C7H10. The van der Waals surface area contributed by atoms with Crippen LogP contribution >= 0.6 is 0 Å². The van der Waals surface area contributed by atoms with E-state index >= 15 is 0 Å². The average molecular weight is 94.2 g/mol. The van der Waals surface area contributed by atoms with Gasteiger partial charge < -0.3 is 0 Å². The fraction of sp³-hybridized carbons (Fsp3) is 0.714. The van der Waals surface area contributed by atoms with Crippen molar-refractivity contribution in [2.45, 2.75) is 25.7 Å². The smallest absolute Gasteiger partial charge is 0.0168 e. The zero-order valence-electron chi connectivity index (χ0n) is 4.48. The minimum atomic E-state index is 1.06. The molecule has 0 aromatic carbocycles. The first-order valence-corrected chi connectivity index (χ1v) is 3.16. The topological polar surface area (TPSA) is 0 Å². The zero-order valence-corrected chi connectivity index (χ0v) is 4.48. The highest BCUT2D eigenvalue weighted by Crippen LogP contribution is 2.40. The van der Waals surface area contributed by atoms with E-state index < -0.39 is 0 Å². The van der Waals surface area contributed by atoms with Gasteiger partial charge in [-0.15, -0.1) is 0 Å². The van der Waals surface area contributed by atoms with Crippen molar-refractivity contribution < 1.29 is 0 Å². The van der Waals surface area contributed by atoms with Gasteiger partial charge in [0.25, 0.3) is 0 Å². The minimum Gasteiger partial charge on any atom is -0.0844 e. The third-order valence-electron chi connectivity index (χ3n) is 2.21. The first kappa shape index (κ1) is 3.71. The van der Waals surface area contributed by atoms with Crippen molar-refractivity contribution in [1.82, 2.24) is 0 Å². The molecular weight excluding hydrogens is 84.1 g/mol. The second kappa shape index (κ2) is 1.12. The third kappa shape index (κ3) is 0.370. The Morgan fingerprint density at radius 1 is 1.57 bits per heavy atom. The summed E-state index contributed by atoms with van der Waals surface area (Å²) in [5, 5.41) is 0. The summed E-state index contributed by atoms with van der Waals surface area (Å²) in [7, 11) is 0. The number of fused-ring (bicyclic) bond motifs is 1. The summed E-state index contributed by atoms with van der Waals surface area (Å²) in [4.78, 5) is 0. The monoisotopic (exact) mass is 94.1 g/mol. The van der Waals surface area contributed by atoms with E-state index in [4.69, 9.17) is 0 Å². The van der Waals surface area contributed by atoms with Crippen LogP contribution in [-0.2, 0) is 0 Å². The molecule has 2 aliphatic rings. The van der Waals surface area contributed by atoms with E-state index in [1.807, 2.05) is 0 Å². The van der Waals surface area contributed by atoms with Crippen molar-refractivity contribution >= 4 is 0 Å². The van der Waals surface area contributed by atoms with Gasteiger partial charge in [-0.05, 0) is 31.6 Å². The number of rotatable bonds is 0. The normalized spacial score (nSPS) is 36.6. The van der Waals surface area contributed by atoms with Crippen LogP contribution in [-0.4, -0.2) is 0 Å². The summed E-state index contributed by atoms with van der Waals surface area (Å²) in [6, 6.07) is 0. The first-order valence-electron chi connectivity index (χ1n) is 3.16. The van der Waals surface area contributed by atoms with Gasteiger partial charge in [-0.1, -0.05) is 11.6 Å². The van der Waals surface area contributed by atoms with Gasteiger partial charge in [-0.25, -0.2) is 0 Å². The molecule has 1 fully saturated rings. The first-order chi connectivity index (χ1) is 3.47. The number of hydrogen-bond donors (Lipinski definition) is 0. The Bertz CT molecular complexity index is 111. The molecule has 1 saturated carbocycles. The van der Waals surface area contributed by atoms with Crippen LogP contribution in [0.1, 0.15) is 25.7 Å². The van der Waals surface area contributed by atoms with Crippen LogP contribution in [0.3, 0.4) is 0 Å². The van der Waals surface area contributed by atoms with E-state index in [1.54, 1.807) is 5.57 Å². The lowest BCUT2D eigenvalue weighted by molar-refractivity contribution is 0.588. The lowest BCUT2D eigenvalue weighted by atomic mass is 9.88. The lowest BCUT2D eigenvalue weighted by Crippen LogP contribution is -2.03. The van der Waals surface area contributed by atoms with Gasteiger partial charge in [0.2, 0.25) is 0 Å². The van der Waals surface area contributed by atoms with Gasteiger partial charge >= 0.3 is 0 Å². The molecule has 0 aromatic heterocycles. The Labute approximate surface area is 44.2 Å². The van der Waals surface area contributed by atoms with Gasteiger partial charge in [0.05, 0.1) is 0 Å². The summed E-state index contributed by atoms with van der Waals surface area (Å²) >= 11 is 0. The largest absolute Gasteiger partial charge is 0.0844 e. The molecule has 1 unspecified atom stereocenters. The molecule has 0 heteroatoms. The molecule has 0 bridgehead atoms. The van der Waals surface area contributed by atoms with Crippen LogP contribution < -0.4 is 0 Å². The van der Waals surface area contributed by atoms with Crippen LogP contribution in [0.2, 0.25) is 0 Å². The summed E-state index contributed by atoms with van der Waals surface area (Å²) in [6.45, 7) is 0. The molecule has 2 rings (SSSR count). The predicted octanol–water partition coefficient (Wildman–Crippen LogP) is 2.12. The molecule has 0 radical (unpaired) electrons. The lowest BCUT2D eigenvalue weighted by Gasteiger charge is -2.17. The van der Waals surface area contributed by atoms with E-state index in [0.29, 0.717) is 0 Å². The van der Waals surface area contributed by atoms with Crippen molar-refractivity contribution in [3.8, 4) is 0 Å². The molecule has 0 spiro atoms. The van der Waals surface area contributed by atoms with Crippen LogP contribution in [0.25, 0.3) is 0 Å². The summed E-state index contributed by atoms with van der Waals surface area (Å²) < 4.78 is 0. The second-order valence-electron chi connectivity index (χ2n) is 2.60. The number of hydrogen-bond acceptors (Lipinski definition) is 0. The Hall–Kier alpha value is -0.260. The molecule has 0 saturated heterocycles. The highest BCUT2D eigenvalue weighted by molar-refractivity contribution is 5.20. The molecule has 38 valence electrons. The molecule has 2 aliphatic carbocycles. The van der Waals surface area contributed by atoms with Crippen molar-refractivity contribution in [1.29, 1.82) is 0 Å². The molecule has 0 amide bonds. The van der Waals surface area contributed by atoms with Gasteiger partial charge in [-0.2, -0.15) is 0 Å². The van der Waals surface area contributed by atoms with Crippen LogP contribution in [0.15, 0.2) is 11.6 Å². The highest BCUT2D eigenvalue weighted by Gasteiger charge is 2.25. The predicted molar refractivity (Wildman–Crippen MR) is 30.0 cm³/mol. The van der Waals surface area contributed by atoms with Crippen molar-refractivity contribution in [2.75, 3.05) is 0 Å². The van der Waals surface area contributed by atoms with Gasteiger partial charge in [0.15, 0.2) is 0 Å². The van der Waals surface area contributed by atoms with Crippen molar-refractivity contribution in [3.05, 3.63) is 11.6 Å². The quantitative estimate of drug-likeness (QED) is 0.403. The maximum absolute atomic E-state index is 2.40.